The van der Waals surface area contributed by atoms with Gasteiger partial charge in [-0.15, -0.1) is 22.7 Å². The van der Waals surface area contributed by atoms with Gasteiger partial charge in [0.15, 0.2) is 11.6 Å². The number of thiophene rings is 2. The second-order valence-electron chi connectivity index (χ2n) is 7.84. The van der Waals surface area contributed by atoms with E-state index in [0.717, 1.165) is 50.0 Å². The lowest BCUT2D eigenvalue weighted by Gasteiger charge is -2.21. The summed E-state index contributed by atoms with van der Waals surface area (Å²) in [5.74, 6) is 0.175. The number of nitrogens with zero attached hydrogens (tertiary/aromatic N) is 4. The summed E-state index contributed by atoms with van der Waals surface area (Å²) < 4.78 is 0. The van der Waals surface area contributed by atoms with E-state index in [9.17, 15) is 9.59 Å². The largest absolute Gasteiger partial charge is 0.372 e. The minimum absolute atomic E-state index is 0.380. The van der Waals surface area contributed by atoms with Crippen LogP contribution in [0.4, 0.5) is 11.5 Å². The first kappa shape index (κ1) is 22.2. The summed E-state index contributed by atoms with van der Waals surface area (Å²) in [6.45, 7) is 7.75. The third-order valence-corrected chi connectivity index (χ3v) is 7.57. The Morgan fingerprint density at radius 2 is 1.79 bits per heavy atom. The van der Waals surface area contributed by atoms with Crippen molar-refractivity contribution in [3.63, 3.8) is 0 Å². The molecular formula is C25H23N5O2S2. The van der Waals surface area contributed by atoms with E-state index in [2.05, 4.69) is 36.3 Å². The van der Waals surface area contributed by atoms with E-state index < -0.39 is 5.91 Å². The number of imide groups is 1. The maximum Gasteiger partial charge on any atom is 0.275 e. The molecule has 0 aliphatic carbocycles. The molecule has 4 heterocycles. The molecular weight excluding hydrogens is 466 g/mol. The van der Waals surface area contributed by atoms with Crippen molar-refractivity contribution in [2.24, 2.45) is 0 Å². The van der Waals surface area contributed by atoms with Crippen molar-refractivity contribution in [1.82, 2.24) is 15.0 Å². The number of amides is 2. The number of anilines is 2. The van der Waals surface area contributed by atoms with Gasteiger partial charge in [0, 0.05) is 51.8 Å². The molecule has 1 N–H and O–H groups in total. The molecule has 9 heteroatoms. The smallest absolute Gasteiger partial charge is 0.275 e. The molecule has 4 aromatic rings. The van der Waals surface area contributed by atoms with Crippen LogP contribution in [-0.4, -0.2) is 39.9 Å². The summed E-state index contributed by atoms with van der Waals surface area (Å²) in [4.78, 5) is 38.7. The van der Waals surface area contributed by atoms with Gasteiger partial charge in [0.1, 0.15) is 4.83 Å². The third-order valence-electron chi connectivity index (χ3n) is 5.79. The number of hydrogen-bond donors (Lipinski definition) is 1. The van der Waals surface area contributed by atoms with Crippen molar-refractivity contribution < 1.29 is 9.59 Å². The molecule has 34 heavy (non-hydrogen) atoms. The Hall–Kier alpha value is -3.56. The molecule has 0 fully saturated rings. The molecule has 0 atom stereocenters. The first-order chi connectivity index (χ1) is 16.5. The minimum atomic E-state index is -0.410. The summed E-state index contributed by atoms with van der Waals surface area (Å²) in [5, 5.41) is 5.86. The van der Waals surface area contributed by atoms with E-state index in [1.165, 1.54) is 17.4 Å². The maximum atomic E-state index is 12.6. The van der Waals surface area contributed by atoms with Crippen LogP contribution in [0.2, 0.25) is 0 Å². The number of hydrogen-bond acceptors (Lipinski definition) is 8. The zero-order chi connectivity index (χ0) is 23.8. The molecule has 0 spiro atoms. The molecule has 1 aliphatic heterocycles. The number of fused-ring (bicyclic) bond motifs is 1. The fourth-order valence-corrected chi connectivity index (χ4v) is 5.74. The summed E-state index contributed by atoms with van der Waals surface area (Å²) >= 11 is 3.13. The molecule has 0 unspecified atom stereocenters. The Bertz CT molecular complexity index is 1400. The van der Waals surface area contributed by atoms with Crippen LogP contribution in [0.25, 0.3) is 32.0 Å². The van der Waals surface area contributed by atoms with Crippen LogP contribution in [0.3, 0.4) is 0 Å². The quantitative estimate of drug-likeness (QED) is 0.342. The van der Waals surface area contributed by atoms with Gasteiger partial charge in [-0.2, -0.15) is 5.01 Å². The van der Waals surface area contributed by atoms with Gasteiger partial charge in [0.25, 0.3) is 11.8 Å². The number of aromatic nitrogens is 2. The predicted octanol–water partition coefficient (Wildman–Crippen LogP) is 5.58. The van der Waals surface area contributed by atoms with Gasteiger partial charge >= 0.3 is 0 Å². The molecule has 7 nitrogen and oxygen atoms in total. The van der Waals surface area contributed by atoms with Gasteiger partial charge in [0.2, 0.25) is 0 Å². The highest BCUT2D eigenvalue weighted by atomic mass is 32.1. The summed E-state index contributed by atoms with van der Waals surface area (Å²) in [6, 6.07) is 12.2. The first-order valence-electron chi connectivity index (χ1n) is 11.0. The number of nitrogens with one attached hydrogen (secondary N) is 1. The third kappa shape index (κ3) is 3.86. The van der Waals surface area contributed by atoms with Crippen LogP contribution >= 0.6 is 22.7 Å². The predicted molar refractivity (Wildman–Crippen MR) is 139 cm³/mol. The van der Waals surface area contributed by atoms with Gasteiger partial charge in [-0.3, -0.25) is 15.0 Å². The number of carbonyl (C=O) groups excluding carboxylic acids is 2. The Balaban J connectivity index is 1.61. The molecule has 0 radical (unpaired) electrons. The standard InChI is InChI=1S/C25H23N5O2S2/c1-4-29(5-2)17-10-8-16(9-11-17)22-26-23(28-30-20(31)13-15(3)25(30)32)21-18(14-34-24(21)27-22)19-7-6-12-33-19/h6-14H,4-5H2,1-3H3,(H,26,27,28). The van der Waals surface area contributed by atoms with Crippen molar-refractivity contribution in [2.75, 3.05) is 23.4 Å². The van der Waals surface area contributed by atoms with E-state index in [1.807, 2.05) is 35.0 Å². The summed E-state index contributed by atoms with van der Waals surface area (Å²) in [7, 11) is 0. The SMILES string of the molecule is CCN(CC)c1ccc(-c2nc(NN3C(=O)C=C(C)C3=O)c3c(-c4cccs4)csc3n2)cc1. The molecule has 5 rings (SSSR count). The molecule has 3 aromatic heterocycles. The van der Waals surface area contributed by atoms with Crippen LogP contribution in [0, 0.1) is 0 Å². The highest BCUT2D eigenvalue weighted by Gasteiger charge is 2.30. The molecule has 0 bridgehead atoms. The Kier molecular flexibility index (Phi) is 5.89. The first-order valence-corrected chi connectivity index (χ1v) is 12.8. The highest BCUT2D eigenvalue weighted by Crippen LogP contribution is 2.40. The van der Waals surface area contributed by atoms with Crippen molar-refractivity contribution in [3.8, 4) is 21.8 Å². The van der Waals surface area contributed by atoms with E-state index in [4.69, 9.17) is 9.97 Å². The number of hydrazine groups is 1. The van der Waals surface area contributed by atoms with Crippen molar-refractivity contribution in [2.45, 2.75) is 20.8 Å². The molecule has 172 valence electrons. The summed E-state index contributed by atoms with van der Waals surface area (Å²) in [6.07, 6.45) is 1.33. The van der Waals surface area contributed by atoms with E-state index in [-0.39, 0.29) is 5.91 Å². The molecule has 0 saturated carbocycles. The Morgan fingerprint density at radius 1 is 1.03 bits per heavy atom. The minimum Gasteiger partial charge on any atom is -0.372 e. The number of carbonyl (C=O) groups is 2. The fraction of sp³-hybridized carbons (Fsp3) is 0.200. The van der Waals surface area contributed by atoms with Gasteiger partial charge in [-0.05, 0) is 56.5 Å². The van der Waals surface area contributed by atoms with Gasteiger partial charge < -0.3 is 4.90 Å². The van der Waals surface area contributed by atoms with Gasteiger partial charge in [-0.25, -0.2) is 9.97 Å². The van der Waals surface area contributed by atoms with Crippen molar-refractivity contribution in [3.05, 3.63) is 58.8 Å². The van der Waals surface area contributed by atoms with Crippen LogP contribution in [-0.2, 0) is 9.59 Å². The zero-order valence-corrected chi connectivity index (χ0v) is 20.7. The lowest BCUT2D eigenvalue weighted by molar-refractivity contribution is -0.135. The highest BCUT2D eigenvalue weighted by molar-refractivity contribution is 7.18. The van der Waals surface area contributed by atoms with Crippen LogP contribution in [0.15, 0.2) is 58.8 Å². The van der Waals surface area contributed by atoms with Gasteiger partial charge in [0.05, 0.1) is 5.39 Å². The molecule has 1 aromatic carbocycles. The average molecular weight is 490 g/mol. The van der Waals surface area contributed by atoms with Crippen molar-refractivity contribution in [1.29, 1.82) is 0 Å². The number of rotatable bonds is 7. The van der Waals surface area contributed by atoms with Crippen LogP contribution < -0.4 is 10.3 Å². The fourth-order valence-electron chi connectivity index (χ4n) is 3.97. The monoisotopic (exact) mass is 489 g/mol. The topological polar surface area (TPSA) is 78.4 Å². The second-order valence-corrected chi connectivity index (χ2v) is 9.65. The van der Waals surface area contributed by atoms with E-state index in [0.29, 0.717) is 17.2 Å². The second kappa shape index (κ2) is 9.00. The van der Waals surface area contributed by atoms with E-state index in [1.54, 1.807) is 18.3 Å². The Labute approximate surface area is 205 Å². The normalized spacial score (nSPS) is 13.6. The molecule has 2 amide bonds. The molecule has 0 saturated heterocycles. The average Bonchev–Trinajstić information content (AvgIpc) is 3.57. The lowest BCUT2D eigenvalue weighted by atomic mass is 10.1. The van der Waals surface area contributed by atoms with E-state index >= 15 is 0 Å². The molecule has 1 aliphatic rings. The Morgan fingerprint density at radius 3 is 2.41 bits per heavy atom. The summed E-state index contributed by atoms with van der Waals surface area (Å²) in [5.41, 5.74) is 6.36. The zero-order valence-electron chi connectivity index (χ0n) is 19.0. The van der Waals surface area contributed by atoms with Crippen molar-refractivity contribution >= 4 is 56.2 Å². The lowest BCUT2D eigenvalue weighted by Crippen LogP contribution is -2.36. The maximum absolute atomic E-state index is 12.6. The van der Waals surface area contributed by atoms with Crippen LogP contribution in [0.5, 0.6) is 0 Å². The van der Waals surface area contributed by atoms with Crippen LogP contribution in [0.1, 0.15) is 20.8 Å². The number of benzene rings is 1. The van der Waals surface area contributed by atoms with Gasteiger partial charge in [-0.1, -0.05) is 6.07 Å².